The van der Waals surface area contributed by atoms with Crippen LogP contribution in [0.3, 0.4) is 0 Å². The summed E-state index contributed by atoms with van der Waals surface area (Å²) in [6, 6.07) is 18.2. The van der Waals surface area contributed by atoms with E-state index in [0.29, 0.717) is 23.4 Å². The molecule has 14 heteroatoms. The summed E-state index contributed by atoms with van der Waals surface area (Å²) in [7, 11) is -4.09. The number of piperidine rings is 3. The van der Waals surface area contributed by atoms with Crippen molar-refractivity contribution in [2.75, 3.05) is 36.8 Å². The molecule has 0 radical (unpaired) electrons. The van der Waals surface area contributed by atoms with Gasteiger partial charge in [-0.25, -0.2) is 27.2 Å². The van der Waals surface area contributed by atoms with Gasteiger partial charge in [0.15, 0.2) is 5.37 Å². The molecule has 47 heavy (non-hydrogen) atoms. The molecule has 1 amide bonds. The Labute approximate surface area is 276 Å². The number of carboxylic acids is 1. The lowest BCUT2D eigenvalue weighted by Gasteiger charge is -2.44. The Kier molecular flexibility index (Phi) is 9.82. The third-order valence-electron chi connectivity index (χ3n) is 8.65. The minimum absolute atomic E-state index is 0.0591. The third-order valence-corrected chi connectivity index (χ3v) is 11.8. The molecule has 2 atom stereocenters. The van der Waals surface area contributed by atoms with Crippen LogP contribution in [0.2, 0.25) is 0 Å². The van der Waals surface area contributed by atoms with Crippen molar-refractivity contribution in [2.24, 2.45) is 5.92 Å². The van der Waals surface area contributed by atoms with E-state index in [9.17, 15) is 32.3 Å². The molecule has 4 fully saturated rings. The van der Waals surface area contributed by atoms with Crippen LogP contribution in [-0.2, 0) is 37.4 Å². The average molecular weight is 684 g/mol. The fraction of sp³-hybridized carbons (Fsp3) is 0.364. The Morgan fingerprint density at radius 3 is 2.43 bits per heavy atom. The number of anilines is 1. The average Bonchev–Trinajstić information content (AvgIpc) is 3.59. The van der Waals surface area contributed by atoms with Gasteiger partial charge in [-0.3, -0.25) is 9.80 Å². The zero-order valence-corrected chi connectivity index (χ0v) is 27.0. The highest BCUT2D eigenvalue weighted by Gasteiger charge is 2.40. The molecule has 3 aromatic carbocycles. The monoisotopic (exact) mass is 683 g/mol. The Morgan fingerprint density at radius 2 is 1.70 bits per heavy atom. The lowest BCUT2D eigenvalue weighted by atomic mass is 9.86. The van der Waals surface area contributed by atoms with Crippen LogP contribution < -0.4 is 4.90 Å². The highest BCUT2D eigenvalue weighted by molar-refractivity contribution is 8.02. The van der Waals surface area contributed by atoms with E-state index in [-0.39, 0.29) is 47.9 Å². The van der Waals surface area contributed by atoms with Gasteiger partial charge in [0.1, 0.15) is 18.5 Å². The number of nitrogens with zero attached hydrogens (tertiary/aromatic N) is 3. The van der Waals surface area contributed by atoms with Crippen LogP contribution in [0.25, 0.3) is 0 Å². The van der Waals surface area contributed by atoms with Crippen molar-refractivity contribution in [1.82, 2.24) is 9.21 Å². The number of rotatable bonds is 10. The highest BCUT2D eigenvalue weighted by Crippen LogP contribution is 2.32. The number of halogens is 1. The van der Waals surface area contributed by atoms with Gasteiger partial charge < -0.3 is 14.6 Å². The van der Waals surface area contributed by atoms with E-state index >= 15 is 0 Å². The fourth-order valence-corrected chi connectivity index (χ4v) is 9.27. The normalized spacial score (nSPS) is 22.5. The Hall–Kier alpha value is -3.98. The first-order chi connectivity index (χ1) is 22.6. The number of amides is 1. The lowest BCUT2D eigenvalue weighted by Crippen LogP contribution is -2.53. The predicted molar refractivity (Wildman–Crippen MR) is 172 cm³/mol. The van der Waals surface area contributed by atoms with Crippen molar-refractivity contribution < 1.29 is 41.8 Å². The molecular weight excluding hydrogens is 650 g/mol. The van der Waals surface area contributed by atoms with E-state index in [1.54, 1.807) is 36.4 Å². The number of fused-ring (bicyclic) bond motifs is 3. The molecule has 0 spiro atoms. The van der Waals surface area contributed by atoms with Crippen molar-refractivity contribution in [2.45, 2.75) is 42.4 Å². The summed E-state index contributed by atoms with van der Waals surface area (Å²) in [6.07, 6.45) is 0.954. The maximum Gasteiger partial charge on any atom is 0.415 e. The van der Waals surface area contributed by atoms with E-state index in [1.165, 1.54) is 41.3 Å². The Balaban J connectivity index is 1.14. The molecule has 4 saturated heterocycles. The molecule has 3 aromatic rings. The van der Waals surface area contributed by atoms with Gasteiger partial charge in [0.05, 0.1) is 22.7 Å². The molecule has 4 aliphatic heterocycles. The van der Waals surface area contributed by atoms with Crippen molar-refractivity contribution in [3.05, 3.63) is 95.3 Å². The first-order valence-corrected chi connectivity index (χ1v) is 17.8. The van der Waals surface area contributed by atoms with Crippen LogP contribution in [0, 0.1) is 11.7 Å². The van der Waals surface area contributed by atoms with Gasteiger partial charge >= 0.3 is 18.0 Å². The predicted octanol–water partition coefficient (Wildman–Crippen LogP) is 4.57. The molecule has 0 unspecified atom stereocenters. The molecule has 4 heterocycles. The van der Waals surface area contributed by atoms with Gasteiger partial charge in [-0.2, -0.15) is 4.31 Å². The smallest absolute Gasteiger partial charge is 0.415 e. The Bertz CT molecular complexity index is 1770. The number of thioether (sulfide) groups is 1. The first-order valence-electron chi connectivity index (χ1n) is 15.3. The van der Waals surface area contributed by atoms with Gasteiger partial charge in [-0.15, -0.1) is 11.8 Å². The number of benzene rings is 3. The molecule has 11 nitrogen and oxygen atoms in total. The topological polar surface area (TPSA) is 134 Å². The van der Waals surface area contributed by atoms with Crippen LogP contribution in [0.5, 0.6) is 0 Å². The Morgan fingerprint density at radius 1 is 0.957 bits per heavy atom. The molecule has 248 valence electrons. The molecule has 4 aliphatic rings. The van der Waals surface area contributed by atoms with Crippen LogP contribution >= 0.6 is 11.8 Å². The summed E-state index contributed by atoms with van der Waals surface area (Å²) >= 11 is 1.04. The van der Waals surface area contributed by atoms with Gasteiger partial charge in [-0.05, 0) is 79.4 Å². The summed E-state index contributed by atoms with van der Waals surface area (Å²) in [5.74, 6) is -1.86. The van der Waals surface area contributed by atoms with E-state index in [4.69, 9.17) is 9.47 Å². The molecule has 2 bridgehead atoms. The van der Waals surface area contributed by atoms with Crippen molar-refractivity contribution in [1.29, 1.82) is 0 Å². The van der Waals surface area contributed by atoms with Crippen molar-refractivity contribution >= 4 is 45.5 Å². The molecule has 0 saturated carbocycles. The minimum atomic E-state index is -4.09. The van der Waals surface area contributed by atoms with Gasteiger partial charge in [0.2, 0.25) is 10.0 Å². The van der Waals surface area contributed by atoms with Crippen LogP contribution in [-0.4, -0.2) is 84.2 Å². The third kappa shape index (κ3) is 7.30. The largest absolute Gasteiger partial charge is 0.479 e. The van der Waals surface area contributed by atoms with E-state index in [1.807, 2.05) is 0 Å². The van der Waals surface area contributed by atoms with Gasteiger partial charge in [-0.1, -0.05) is 36.4 Å². The zero-order valence-electron chi connectivity index (χ0n) is 25.4. The highest BCUT2D eigenvalue weighted by atomic mass is 32.2. The number of hydrogen-bond donors (Lipinski definition) is 1. The zero-order chi connectivity index (χ0) is 33.1. The number of esters is 1. The maximum absolute atomic E-state index is 14.9. The summed E-state index contributed by atoms with van der Waals surface area (Å²) in [6.45, 7) is 2.39. The van der Waals surface area contributed by atoms with Crippen molar-refractivity contribution in [3.8, 4) is 0 Å². The molecule has 7 rings (SSSR count). The van der Waals surface area contributed by atoms with Crippen LogP contribution in [0.1, 0.15) is 34.3 Å². The van der Waals surface area contributed by atoms with E-state index in [2.05, 4.69) is 4.90 Å². The van der Waals surface area contributed by atoms with Crippen LogP contribution in [0.15, 0.2) is 77.7 Å². The van der Waals surface area contributed by atoms with E-state index in [0.717, 1.165) is 42.0 Å². The number of aliphatic carboxylic acids is 1. The van der Waals surface area contributed by atoms with Gasteiger partial charge in [0.25, 0.3) is 0 Å². The number of sulfonamides is 1. The SMILES string of the molecule is O=C(OCc1cccc(S(=O)(=O)N2CCS[C@H]2C(=O)O)c1)c1cccc(CN(C(=O)O[C@H]2CN3CCC2CC3)c2ccccc2F)c1. The number of carboxylic acid groups (broad SMARTS) is 1. The minimum Gasteiger partial charge on any atom is -0.479 e. The number of hydrogen-bond acceptors (Lipinski definition) is 9. The van der Waals surface area contributed by atoms with Gasteiger partial charge in [0, 0.05) is 18.8 Å². The summed E-state index contributed by atoms with van der Waals surface area (Å²) in [5, 5.41) is 8.22. The molecule has 1 N–H and O–H groups in total. The summed E-state index contributed by atoms with van der Waals surface area (Å²) in [5.41, 5.74) is 1.18. The number of para-hydroxylation sites is 1. The number of ether oxygens (including phenoxy) is 2. The van der Waals surface area contributed by atoms with E-state index < -0.39 is 39.2 Å². The second kappa shape index (κ2) is 14.0. The maximum atomic E-state index is 14.9. The molecule has 0 aliphatic carbocycles. The lowest BCUT2D eigenvalue weighted by molar-refractivity contribution is -0.138. The molecular formula is C33H34FN3O8S2. The fourth-order valence-electron chi connectivity index (χ4n) is 6.19. The van der Waals surface area contributed by atoms with Crippen LogP contribution in [0.4, 0.5) is 14.9 Å². The number of carbonyl (C=O) groups excluding carboxylic acids is 2. The second-order valence-corrected chi connectivity index (χ2v) is 14.8. The van der Waals surface area contributed by atoms with Crippen molar-refractivity contribution in [3.63, 3.8) is 0 Å². The number of carbonyl (C=O) groups is 3. The summed E-state index contributed by atoms with van der Waals surface area (Å²) in [4.78, 5) is 41.5. The quantitative estimate of drug-likeness (QED) is 0.303. The first kappa shape index (κ1) is 32.9. The second-order valence-electron chi connectivity index (χ2n) is 11.7. The molecule has 0 aromatic heterocycles. The standard InChI is InChI=1S/C33H34FN3O8S2/c34-27-9-1-2-10-28(27)36(33(41)45-29-20-35-13-11-24(29)12-14-35)19-22-5-3-7-25(17-22)32(40)44-21-23-6-4-8-26(18-23)47(42,43)37-15-16-46-30(37)31(38)39/h1-10,17-18,24,29-30H,11-16,19-21H2,(H,38,39)/t29-,30-/m0/s1. The summed E-state index contributed by atoms with van der Waals surface area (Å²) < 4.78 is 53.7.